The third-order valence-corrected chi connectivity index (χ3v) is 6.07. The van der Waals surface area contributed by atoms with E-state index in [1.807, 2.05) is 6.07 Å². The quantitative estimate of drug-likeness (QED) is 0.553. The number of nitrogens with two attached hydrogens (primary N) is 1. The van der Waals surface area contributed by atoms with E-state index in [0.29, 0.717) is 48.7 Å². The van der Waals surface area contributed by atoms with Crippen LogP contribution in [0.2, 0.25) is 0 Å². The van der Waals surface area contributed by atoms with E-state index in [1.165, 1.54) is 5.56 Å². The number of nitrogens with zero attached hydrogens (tertiary/aromatic N) is 7. The number of pyridine rings is 2. The van der Waals surface area contributed by atoms with Crippen LogP contribution in [-0.2, 0) is 0 Å². The van der Waals surface area contributed by atoms with E-state index >= 15 is 0 Å². The third kappa shape index (κ3) is 5.75. The number of rotatable bonds is 5. The van der Waals surface area contributed by atoms with Gasteiger partial charge in [-0.25, -0.2) is 24.7 Å². The molecule has 1 saturated heterocycles. The first-order valence-corrected chi connectivity index (χ1v) is 11.4. The molecule has 2 fully saturated rings. The van der Waals surface area contributed by atoms with Gasteiger partial charge in [0, 0.05) is 50.3 Å². The molecular weight excluding hydrogens is 466 g/mol. The van der Waals surface area contributed by atoms with Gasteiger partial charge in [0.25, 0.3) is 0 Å². The highest BCUT2D eigenvalue weighted by molar-refractivity contribution is 5.85. The average Bonchev–Trinajstić information content (AvgIpc) is 3.71. The smallest absolute Gasteiger partial charge is 0.314 e. The monoisotopic (exact) mass is 491 g/mol. The van der Waals surface area contributed by atoms with Crippen LogP contribution in [0.25, 0.3) is 11.3 Å². The molecule has 0 radical (unpaired) electrons. The molecular formula is C24H26ClN9O. The second-order valence-electron chi connectivity index (χ2n) is 8.55. The summed E-state index contributed by atoms with van der Waals surface area (Å²) in [5.74, 6) is 2.41. The Morgan fingerprint density at radius 2 is 1.86 bits per heavy atom. The zero-order valence-corrected chi connectivity index (χ0v) is 19.9. The molecule has 0 aromatic carbocycles. The summed E-state index contributed by atoms with van der Waals surface area (Å²) in [6.07, 6.45) is 8.32. The number of hydrogen-bond acceptors (Lipinski definition) is 8. The number of urea groups is 1. The van der Waals surface area contributed by atoms with Crippen LogP contribution in [0.15, 0.2) is 42.9 Å². The number of carbonyl (C=O) groups excluding carboxylic acids is 1. The second-order valence-corrected chi connectivity index (χ2v) is 8.55. The number of carbonyl (C=O) groups is 1. The highest BCUT2D eigenvalue weighted by Crippen LogP contribution is 2.42. The van der Waals surface area contributed by atoms with E-state index in [2.05, 4.69) is 37.3 Å². The lowest BCUT2D eigenvalue weighted by molar-refractivity contribution is 0.211. The van der Waals surface area contributed by atoms with Crippen LogP contribution in [0, 0.1) is 11.3 Å². The first kappa shape index (κ1) is 24.2. The topological polar surface area (TPSA) is 137 Å². The van der Waals surface area contributed by atoms with Crippen molar-refractivity contribution in [1.29, 1.82) is 5.26 Å². The standard InChI is InChI=1S/C24H25N9O.ClH/c25-13-16-4-5-27-21(10-16)31-22-12-18(17-2-3-17)11-20(30-22)19-14-28-24(29-15-19)33-7-1-6-32(8-9-33)23(26)34;/h4-5,10-12,14-15,17H,1-3,6-9H2,(H2,26,34)(H,27,30,31);1H. The van der Waals surface area contributed by atoms with Crippen LogP contribution in [0.5, 0.6) is 0 Å². The number of aromatic nitrogens is 4. The van der Waals surface area contributed by atoms with Gasteiger partial charge in [0.1, 0.15) is 11.6 Å². The molecule has 0 unspecified atom stereocenters. The molecule has 5 rings (SSSR count). The molecule has 0 atom stereocenters. The van der Waals surface area contributed by atoms with Crippen LogP contribution in [0.3, 0.4) is 0 Å². The third-order valence-electron chi connectivity index (χ3n) is 6.07. The number of amides is 2. The Labute approximate surface area is 209 Å². The van der Waals surface area contributed by atoms with Gasteiger partial charge in [0.15, 0.2) is 0 Å². The number of nitriles is 1. The summed E-state index contributed by atoms with van der Waals surface area (Å²) >= 11 is 0. The first-order chi connectivity index (χ1) is 16.6. The van der Waals surface area contributed by atoms with E-state index in [0.717, 1.165) is 37.1 Å². The maximum absolute atomic E-state index is 11.5. The van der Waals surface area contributed by atoms with Gasteiger partial charge in [-0.15, -0.1) is 12.4 Å². The molecule has 2 amide bonds. The predicted octanol–water partition coefficient (Wildman–Crippen LogP) is 3.44. The van der Waals surface area contributed by atoms with Gasteiger partial charge in [-0.2, -0.15) is 5.26 Å². The minimum Gasteiger partial charge on any atom is -0.351 e. The molecule has 1 saturated carbocycles. The molecule has 0 spiro atoms. The fraction of sp³-hybridized carbons (Fsp3) is 0.333. The minimum absolute atomic E-state index is 0. The fourth-order valence-corrected chi connectivity index (χ4v) is 4.07. The summed E-state index contributed by atoms with van der Waals surface area (Å²) in [5, 5.41) is 12.4. The lowest BCUT2D eigenvalue weighted by atomic mass is 10.1. The van der Waals surface area contributed by atoms with E-state index in [-0.39, 0.29) is 12.4 Å². The molecule has 4 heterocycles. The number of primary amides is 1. The number of halogens is 1. The average molecular weight is 492 g/mol. The highest BCUT2D eigenvalue weighted by atomic mass is 35.5. The number of nitrogens with one attached hydrogen (secondary N) is 1. The molecule has 11 heteroatoms. The van der Waals surface area contributed by atoms with Gasteiger partial charge in [0.2, 0.25) is 5.95 Å². The molecule has 3 aromatic rings. The van der Waals surface area contributed by atoms with E-state index in [9.17, 15) is 4.79 Å². The number of hydrogen-bond donors (Lipinski definition) is 2. The van der Waals surface area contributed by atoms with E-state index < -0.39 is 6.03 Å². The molecule has 10 nitrogen and oxygen atoms in total. The van der Waals surface area contributed by atoms with Crippen LogP contribution >= 0.6 is 12.4 Å². The van der Waals surface area contributed by atoms with Crippen molar-refractivity contribution >= 4 is 36.0 Å². The zero-order valence-electron chi connectivity index (χ0n) is 19.1. The fourth-order valence-electron chi connectivity index (χ4n) is 4.07. The Morgan fingerprint density at radius 3 is 2.57 bits per heavy atom. The molecule has 2 aliphatic rings. The zero-order chi connectivity index (χ0) is 23.5. The Morgan fingerprint density at radius 1 is 1.06 bits per heavy atom. The maximum atomic E-state index is 11.5. The van der Waals surface area contributed by atoms with Crippen molar-refractivity contribution in [3.63, 3.8) is 0 Å². The van der Waals surface area contributed by atoms with Gasteiger partial charge in [-0.05, 0) is 55.0 Å². The summed E-state index contributed by atoms with van der Waals surface area (Å²) in [5.41, 5.74) is 8.78. The molecule has 180 valence electrons. The molecule has 3 aromatic heterocycles. The molecule has 35 heavy (non-hydrogen) atoms. The van der Waals surface area contributed by atoms with Crippen molar-refractivity contribution in [2.45, 2.75) is 25.2 Å². The van der Waals surface area contributed by atoms with Gasteiger partial charge in [0.05, 0.1) is 17.3 Å². The summed E-state index contributed by atoms with van der Waals surface area (Å²) < 4.78 is 0. The Kier molecular flexibility index (Phi) is 7.27. The van der Waals surface area contributed by atoms with E-state index in [1.54, 1.807) is 35.6 Å². The van der Waals surface area contributed by atoms with Crippen molar-refractivity contribution in [3.05, 3.63) is 54.0 Å². The predicted molar refractivity (Wildman–Crippen MR) is 135 cm³/mol. The van der Waals surface area contributed by atoms with Crippen LogP contribution in [0.1, 0.15) is 36.3 Å². The van der Waals surface area contributed by atoms with Crippen molar-refractivity contribution in [1.82, 2.24) is 24.8 Å². The van der Waals surface area contributed by atoms with Gasteiger partial charge in [-0.1, -0.05) is 0 Å². The molecule has 3 N–H and O–H groups in total. The van der Waals surface area contributed by atoms with Gasteiger partial charge in [-0.3, -0.25) is 0 Å². The molecule has 0 bridgehead atoms. The highest BCUT2D eigenvalue weighted by Gasteiger charge is 2.25. The van der Waals surface area contributed by atoms with Gasteiger partial charge >= 0.3 is 6.03 Å². The summed E-state index contributed by atoms with van der Waals surface area (Å²) in [6.45, 7) is 2.60. The Bertz CT molecular complexity index is 1240. The van der Waals surface area contributed by atoms with E-state index in [4.69, 9.17) is 16.0 Å². The Hall–Kier alpha value is -3.97. The van der Waals surface area contributed by atoms with Crippen molar-refractivity contribution in [3.8, 4) is 17.3 Å². The minimum atomic E-state index is -0.390. The number of anilines is 3. The van der Waals surface area contributed by atoms with Crippen LogP contribution in [0.4, 0.5) is 22.4 Å². The largest absolute Gasteiger partial charge is 0.351 e. The molecule has 1 aliphatic heterocycles. The summed E-state index contributed by atoms with van der Waals surface area (Å²) in [7, 11) is 0. The normalized spacial score (nSPS) is 15.5. The maximum Gasteiger partial charge on any atom is 0.314 e. The Balaban J connectivity index is 0.00000289. The van der Waals surface area contributed by atoms with Crippen LogP contribution < -0.4 is 16.0 Å². The first-order valence-electron chi connectivity index (χ1n) is 11.4. The lowest BCUT2D eigenvalue weighted by Gasteiger charge is -2.21. The molecule has 1 aliphatic carbocycles. The van der Waals surface area contributed by atoms with Crippen molar-refractivity contribution in [2.24, 2.45) is 5.73 Å². The lowest BCUT2D eigenvalue weighted by Crippen LogP contribution is -2.38. The van der Waals surface area contributed by atoms with Crippen molar-refractivity contribution in [2.75, 3.05) is 36.4 Å². The summed E-state index contributed by atoms with van der Waals surface area (Å²) in [6, 6.07) is 9.24. The van der Waals surface area contributed by atoms with Crippen molar-refractivity contribution < 1.29 is 4.79 Å². The summed E-state index contributed by atoms with van der Waals surface area (Å²) in [4.78, 5) is 33.4. The second kappa shape index (κ2) is 10.5. The van der Waals surface area contributed by atoms with Gasteiger partial charge < -0.3 is 20.9 Å². The SMILES string of the molecule is Cl.N#Cc1ccnc(Nc2cc(C3CC3)cc(-c3cnc(N4CCCN(C(N)=O)CC4)nc3)n2)c1. The van der Waals surface area contributed by atoms with Crippen LogP contribution in [-0.4, -0.2) is 57.0 Å².